The second kappa shape index (κ2) is 11.4. The Morgan fingerprint density at radius 2 is 1.52 bits per heavy atom. The van der Waals surface area contributed by atoms with Crippen LogP contribution in [0, 0.1) is 18.7 Å². The van der Waals surface area contributed by atoms with Crippen molar-refractivity contribution in [3.8, 4) is 11.1 Å². The summed E-state index contributed by atoms with van der Waals surface area (Å²) in [6.45, 7) is 6.51. The number of rotatable bonds is 9. The van der Waals surface area contributed by atoms with Crippen molar-refractivity contribution in [1.29, 1.82) is 0 Å². The van der Waals surface area contributed by atoms with Crippen LogP contribution in [0.25, 0.3) is 11.1 Å². The van der Waals surface area contributed by atoms with Crippen LogP contribution in [0.5, 0.6) is 0 Å². The van der Waals surface area contributed by atoms with Crippen molar-refractivity contribution in [2.75, 3.05) is 0 Å². The molecule has 172 valence electrons. The predicted octanol–water partition coefficient (Wildman–Crippen LogP) is 5.78. The van der Waals surface area contributed by atoms with Crippen LogP contribution in [0.3, 0.4) is 0 Å². The maximum atomic E-state index is 14.2. The van der Waals surface area contributed by atoms with Gasteiger partial charge in [-0.05, 0) is 53.6 Å². The van der Waals surface area contributed by atoms with E-state index in [2.05, 4.69) is 24.5 Å². The first-order valence-corrected chi connectivity index (χ1v) is 11.3. The summed E-state index contributed by atoms with van der Waals surface area (Å²) < 4.78 is 14.2. The average molecular weight is 447 g/mol. The minimum Gasteiger partial charge on any atom is -0.352 e. The molecule has 0 heterocycles. The van der Waals surface area contributed by atoms with Crippen molar-refractivity contribution in [2.45, 2.75) is 46.7 Å². The quantitative estimate of drug-likeness (QED) is 0.437. The number of hydrogen-bond acceptors (Lipinski definition) is 2. The summed E-state index contributed by atoms with van der Waals surface area (Å²) in [7, 11) is 0. The van der Waals surface area contributed by atoms with Crippen molar-refractivity contribution in [2.24, 2.45) is 5.92 Å². The summed E-state index contributed by atoms with van der Waals surface area (Å²) in [4.78, 5) is 25.2. The van der Waals surface area contributed by atoms with Crippen molar-refractivity contribution >= 4 is 11.8 Å². The van der Waals surface area contributed by atoms with Gasteiger partial charge in [-0.25, -0.2) is 4.39 Å². The molecule has 2 N–H and O–H groups in total. The maximum absolute atomic E-state index is 14.2. The predicted molar refractivity (Wildman–Crippen MR) is 130 cm³/mol. The smallest absolute Gasteiger partial charge is 0.252 e. The fourth-order valence-corrected chi connectivity index (χ4v) is 3.62. The van der Waals surface area contributed by atoms with Crippen LogP contribution in [0.1, 0.15) is 53.7 Å². The van der Waals surface area contributed by atoms with Crippen LogP contribution in [0.4, 0.5) is 4.39 Å². The van der Waals surface area contributed by atoms with Crippen LogP contribution in [0.15, 0.2) is 66.7 Å². The normalized spacial score (nSPS) is 10.8. The Kier molecular flexibility index (Phi) is 8.36. The second-order valence-electron chi connectivity index (χ2n) is 8.69. The molecule has 0 fully saturated rings. The molecular formula is C28H31FN2O2. The highest BCUT2D eigenvalue weighted by molar-refractivity contribution is 6.01. The zero-order chi connectivity index (χ0) is 23.8. The van der Waals surface area contributed by atoms with E-state index in [0.29, 0.717) is 30.0 Å². The van der Waals surface area contributed by atoms with E-state index in [9.17, 15) is 14.0 Å². The topological polar surface area (TPSA) is 58.2 Å². The van der Waals surface area contributed by atoms with Crippen molar-refractivity contribution in [3.63, 3.8) is 0 Å². The molecule has 0 bridgehead atoms. The molecule has 0 spiro atoms. The lowest BCUT2D eigenvalue weighted by Gasteiger charge is -2.15. The van der Waals surface area contributed by atoms with Gasteiger partial charge in [-0.1, -0.05) is 68.4 Å². The van der Waals surface area contributed by atoms with Gasteiger partial charge in [-0.15, -0.1) is 0 Å². The highest BCUT2D eigenvalue weighted by atomic mass is 19.1. The van der Waals surface area contributed by atoms with Gasteiger partial charge in [0.05, 0.1) is 0 Å². The first-order valence-electron chi connectivity index (χ1n) is 11.3. The summed E-state index contributed by atoms with van der Waals surface area (Å²) in [5.74, 6) is -0.116. The van der Waals surface area contributed by atoms with E-state index in [1.54, 1.807) is 18.2 Å². The van der Waals surface area contributed by atoms with Gasteiger partial charge >= 0.3 is 0 Å². The molecule has 0 aliphatic heterocycles. The molecular weight excluding hydrogens is 415 g/mol. The standard InChI is InChI=1S/C28H31FN2O2/c1-19(2)12-15-27(32)30-17-21-8-4-5-9-23(21)24-10-6-7-11-25(24)28(33)31-18-22-14-13-20(3)16-26(22)29/h4-11,13-14,16,19H,12,15,17-18H2,1-3H3,(H,30,32)(H,31,33). The fraction of sp³-hybridized carbons (Fsp3) is 0.286. The molecule has 2 amide bonds. The Morgan fingerprint density at radius 1 is 0.848 bits per heavy atom. The van der Waals surface area contributed by atoms with Gasteiger partial charge in [0.2, 0.25) is 5.91 Å². The Balaban J connectivity index is 1.77. The molecule has 3 aromatic rings. The molecule has 33 heavy (non-hydrogen) atoms. The van der Waals surface area contributed by atoms with Gasteiger partial charge in [-0.3, -0.25) is 9.59 Å². The van der Waals surface area contributed by atoms with Gasteiger partial charge in [-0.2, -0.15) is 0 Å². The van der Waals surface area contributed by atoms with Crippen molar-refractivity contribution < 1.29 is 14.0 Å². The van der Waals surface area contributed by atoms with E-state index in [4.69, 9.17) is 0 Å². The third-order valence-corrected chi connectivity index (χ3v) is 5.55. The molecule has 0 saturated heterocycles. The van der Waals surface area contributed by atoms with E-state index < -0.39 is 0 Å². The highest BCUT2D eigenvalue weighted by Crippen LogP contribution is 2.27. The lowest BCUT2D eigenvalue weighted by molar-refractivity contribution is -0.121. The van der Waals surface area contributed by atoms with Gasteiger partial charge < -0.3 is 10.6 Å². The first-order chi connectivity index (χ1) is 15.8. The van der Waals surface area contributed by atoms with Crippen LogP contribution in [-0.2, 0) is 17.9 Å². The summed E-state index contributed by atoms with van der Waals surface area (Å²) in [6, 6.07) is 20.0. The molecule has 0 atom stereocenters. The molecule has 0 aliphatic carbocycles. The SMILES string of the molecule is Cc1ccc(CNC(=O)c2ccccc2-c2ccccc2CNC(=O)CCC(C)C)c(F)c1. The lowest BCUT2D eigenvalue weighted by Crippen LogP contribution is -2.24. The van der Waals surface area contributed by atoms with E-state index in [-0.39, 0.29) is 24.2 Å². The fourth-order valence-electron chi connectivity index (χ4n) is 3.62. The largest absolute Gasteiger partial charge is 0.352 e. The van der Waals surface area contributed by atoms with E-state index in [1.165, 1.54) is 6.07 Å². The number of aryl methyl sites for hydroxylation is 1. The van der Waals surface area contributed by atoms with E-state index in [0.717, 1.165) is 28.7 Å². The number of halogens is 1. The monoisotopic (exact) mass is 446 g/mol. The molecule has 4 nitrogen and oxygen atoms in total. The molecule has 3 rings (SSSR count). The zero-order valence-corrected chi connectivity index (χ0v) is 19.5. The summed E-state index contributed by atoms with van der Waals surface area (Å²) >= 11 is 0. The molecule has 0 aliphatic rings. The number of amides is 2. The average Bonchev–Trinajstić information content (AvgIpc) is 2.81. The summed E-state index contributed by atoms with van der Waals surface area (Å²) in [6.07, 6.45) is 1.34. The Labute approximate surface area is 195 Å². The molecule has 0 unspecified atom stereocenters. The Bertz CT molecular complexity index is 1120. The zero-order valence-electron chi connectivity index (χ0n) is 19.5. The molecule has 0 saturated carbocycles. The maximum Gasteiger partial charge on any atom is 0.252 e. The number of carbonyl (C=O) groups is 2. The Hall–Kier alpha value is -3.47. The minimum atomic E-state index is -0.331. The first kappa shape index (κ1) is 24.2. The summed E-state index contributed by atoms with van der Waals surface area (Å²) in [5.41, 5.74) is 4.36. The van der Waals surface area contributed by atoms with Crippen molar-refractivity contribution in [3.05, 3.63) is 94.8 Å². The van der Waals surface area contributed by atoms with Crippen LogP contribution < -0.4 is 10.6 Å². The number of carbonyl (C=O) groups excluding carboxylic acids is 2. The van der Waals surface area contributed by atoms with Gasteiger partial charge in [0.15, 0.2) is 0 Å². The van der Waals surface area contributed by atoms with Crippen LogP contribution in [0.2, 0.25) is 0 Å². The number of hydrogen-bond donors (Lipinski definition) is 2. The van der Waals surface area contributed by atoms with Crippen LogP contribution >= 0.6 is 0 Å². The third kappa shape index (κ3) is 6.75. The highest BCUT2D eigenvalue weighted by Gasteiger charge is 2.16. The van der Waals surface area contributed by atoms with Crippen molar-refractivity contribution in [1.82, 2.24) is 10.6 Å². The van der Waals surface area contributed by atoms with Gasteiger partial charge in [0.25, 0.3) is 5.91 Å². The minimum absolute atomic E-state index is 0.0182. The second-order valence-corrected chi connectivity index (χ2v) is 8.69. The van der Waals surface area contributed by atoms with E-state index in [1.807, 2.05) is 49.4 Å². The molecule has 3 aromatic carbocycles. The molecule has 5 heteroatoms. The number of nitrogens with one attached hydrogen (secondary N) is 2. The van der Waals surface area contributed by atoms with Gasteiger partial charge in [0, 0.05) is 30.6 Å². The van der Waals surface area contributed by atoms with E-state index >= 15 is 0 Å². The summed E-state index contributed by atoms with van der Waals surface area (Å²) in [5, 5.41) is 5.82. The number of benzene rings is 3. The van der Waals surface area contributed by atoms with Crippen LogP contribution in [-0.4, -0.2) is 11.8 Å². The Morgan fingerprint density at radius 3 is 2.24 bits per heavy atom. The third-order valence-electron chi connectivity index (χ3n) is 5.55. The lowest BCUT2D eigenvalue weighted by atomic mass is 9.94. The molecule has 0 aromatic heterocycles. The van der Waals surface area contributed by atoms with Gasteiger partial charge in [0.1, 0.15) is 5.82 Å². The molecule has 0 radical (unpaired) electrons.